The fourth-order valence-corrected chi connectivity index (χ4v) is 2.71. The molecule has 0 radical (unpaired) electrons. The Morgan fingerprint density at radius 1 is 1.18 bits per heavy atom. The van der Waals surface area contributed by atoms with Gasteiger partial charge in [0.1, 0.15) is 5.01 Å². The van der Waals surface area contributed by atoms with Crippen molar-refractivity contribution in [2.45, 2.75) is 20.8 Å². The molecule has 0 saturated carbocycles. The van der Waals surface area contributed by atoms with Gasteiger partial charge in [-0.3, -0.25) is 0 Å². The summed E-state index contributed by atoms with van der Waals surface area (Å²) in [5.41, 5.74) is 3.46. The van der Waals surface area contributed by atoms with E-state index in [0.717, 1.165) is 26.6 Å². The average molecular weight is 247 g/mol. The number of thiazole rings is 1. The molecule has 0 saturated heterocycles. The molecule has 0 atom stereocenters. The number of rotatable bonds is 2. The lowest BCUT2D eigenvalue weighted by Gasteiger charge is -2.01. The number of aromatic nitrogens is 1. The Morgan fingerprint density at radius 2 is 1.76 bits per heavy atom. The van der Waals surface area contributed by atoms with Crippen molar-refractivity contribution in [1.82, 2.24) is 4.98 Å². The third-order valence-electron chi connectivity index (χ3n) is 2.47. The van der Waals surface area contributed by atoms with Gasteiger partial charge in [-0.1, -0.05) is 17.2 Å². The van der Waals surface area contributed by atoms with Gasteiger partial charge in [0.15, 0.2) is 5.69 Å². The standard InChI is InChI=1S/C13H13NO2S/c1-7-4-8(2)6-10(5-7)12-14-11(13(15)16)9(3)17-12/h4-6H,1-3H3,(H,15,16). The first kappa shape index (κ1) is 11.8. The second kappa shape index (κ2) is 4.30. The molecule has 4 heteroatoms. The van der Waals surface area contributed by atoms with E-state index in [4.69, 9.17) is 5.11 Å². The van der Waals surface area contributed by atoms with Crippen LogP contribution in [0.4, 0.5) is 0 Å². The van der Waals surface area contributed by atoms with E-state index in [1.807, 2.05) is 26.0 Å². The maximum absolute atomic E-state index is 10.9. The predicted octanol–water partition coefficient (Wildman–Crippen LogP) is 3.43. The Bertz CT molecular complexity index is 567. The highest BCUT2D eigenvalue weighted by molar-refractivity contribution is 7.15. The van der Waals surface area contributed by atoms with Crippen LogP contribution in [0.2, 0.25) is 0 Å². The quantitative estimate of drug-likeness (QED) is 0.884. The van der Waals surface area contributed by atoms with Crippen LogP contribution < -0.4 is 0 Å². The second-order valence-electron chi connectivity index (χ2n) is 4.11. The second-order valence-corrected chi connectivity index (χ2v) is 5.31. The average Bonchev–Trinajstić information content (AvgIpc) is 2.59. The number of aromatic carboxylic acids is 1. The lowest BCUT2D eigenvalue weighted by atomic mass is 10.1. The zero-order valence-electron chi connectivity index (χ0n) is 9.94. The van der Waals surface area contributed by atoms with Gasteiger partial charge in [0.05, 0.1) is 0 Å². The Hall–Kier alpha value is -1.68. The number of hydrogen-bond acceptors (Lipinski definition) is 3. The summed E-state index contributed by atoms with van der Waals surface area (Å²) in [5, 5.41) is 9.75. The van der Waals surface area contributed by atoms with Crippen molar-refractivity contribution in [2.75, 3.05) is 0 Å². The molecule has 0 fully saturated rings. The molecule has 2 rings (SSSR count). The topological polar surface area (TPSA) is 50.2 Å². The van der Waals surface area contributed by atoms with Gasteiger partial charge < -0.3 is 5.11 Å². The van der Waals surface area contributed by atoms with Crippen LogP contribution in [-0.2, 0) is 0 Å². The molecule has 0 aliphatic carbocycles. The predicted molar refractivity (Wildman–Crippen MR) is 68.7 cm³/mol. The van der Waals surface area contributed by atoms with E-state index in [1.54, 1.807) is 6.92 Å². The van der Waals surface area contributed by atoms with Crippen LogP contribution >= 0.6 is 11.3 Å². The summed E-state index contributed by atoms with van der Waals surface area (Å²) in [5.74, 6) is -0.964. The number of hydrogen-bond donors (Lipinski definition) is 1. The van der Waals surface area contributed by atoms with Crippen LogP contribution in [0, 0.1) is 20.8 Å². The van der Waals surface area contributed by atoms with Crippen LogP contribution in [0.25, 0.3) is 10.6 Å². The van der Waals surface area contributed by atoms with Gasteiger partial charge in [-0.05, 0) is 32.9 Å². The SMILES string of the molecule is Cc1cc(C)cc(-c2nc(C(=O)O)c(C)s2)c1. The van der Waals surface area contributed by atoms with Crippen LogP contribution in [0.1, 0.15) is 26.5 Å². The first-order chi connectivity index (χ1) is 7.97. The Kier molecular flexibility index (Phi) is 2.98. The number of aryl methyl sites for hydroxylation is 3. The molecular formula is C13H13NO2S. The van der Waals surface area contributed by atoms with Gasteiger partial charge in [0.2, 0.25) is 0 Å². The number of carboxylic acid groups (broad SMARTS) is 1. The minimum Gasteiger partial charge on any atom is -0.476 e. The van der Waals surface area contributed by atoms with Crippen molar-refractivity contribution < 1.29 is 9.90 Å². The highest BCUT2D eigenvalue weighted by Gasteiger charge is 2.15. The monoisotopic (exact) mass is 247 g/mol. The largest absolute Gasteiger partial charge is 0.476 e. The van der Waals surface area contributed by atoms with E-state index in [2.05, 4.69) is 11.1 Å². The summed E-state index contributed by atoms with van der Waals surface area (Å²) in [6, 6.07) is 6.13. The van der Waals surface area contributed by atoms with E-state index < -0.39 is 5.97 Å². The van der Waals surface area contributed by atoms with Gasteiger partial charge in [-0.2, -0.15) is 0 Å². The van der Waals surface area contributed by atoms with E-state index in [1.165, 1.54) is 11.3 Å². The normalized spacial score (nSPS) is 10.5. The van der Waals surface area contributed by atoms with E-state index in [0.29, 0.717) is 0 Å². The summed E-state index contributed by atoms with van der Waals surface area (Å²) < 4.78 is 0. The number of nitrogens with zero attached hydrogens (tertiary/aromatic N) is 1. The zero-order valence-corrected chi connectivity index (χ0v) is 10.8. The number of carboxylic acids is 1. The molecule has 1 N–H and O–H groups in total. The molecule has 17 heavy (non-hydrogen) atoms. The smallest absolute Gasteiger partial charge is 0.355 e. The molecule has 0 aliphatic heterocycles. The van der Waals surface area contributed by atoms with Crippen molar-refractivity contribution in [1.29, 1.82) is 0 Å². The van der Waals surface area contributed by atoms with Gasteiger partial charge in [0, 0.05) is 10.4 Å². The van der Waals surface area contributed by atoms with E-state index >= 15 is 0 Å². The summed E-state index contributed by atoms with van der Waals surface area (Å²) in [6.45, 7) is 5.83. The van der Waals surface area contributed by atoms with Gasteiger partial charge in [-0.15, -0.1) is 11.3 Å². The molecule has 3 nitrogen and oxygen atoms in total. The minimum atomic E-state index is -0.964. The minimum absolute atomic E-state index is 0.157. The summed E-state index contributed by atoms with van der Waals surface area (Å²) in [4.78, 5) is 15.9. The Morgan fingerprint density at radius 3 is 2.24 bits per heavy atom. The van der Waals surface area contributed by atoms with Gasteiger partial charge in [0.25, 0.3) is 0 Å². The number of carbonyl (C=O) groups is 1. The number of benzene rings is 1. The van der Waals surface area contributed by atoms with Crippen LogP contribution in [0.3, 0.4) is 0 Å². The molecule has 0 unspecified atom stereocenters. The first-order valence-electron chi connectivity index (χ1n) is 5.27. The highest BCUT2D eigenvalue weighted by atomic mass is 32.1. The van der Waals surface area contributed by atoms with Crippen molar-refractivity contribution >= 4 is 17.3 Å². The van der Waals surface area contributed by atoms with Crippen molar-refractivity contribution in [3.63, 3.8) is 0 Å². The Labute approximate surface area is 104 Å². The summed E-state index contributed by atoms with van der Waals surface area (Å²) in [7, 11) is 0. The van der Waals surface area contributed by atoms with E-state index in [9.17, 15) is 4.79 Å². The summed E-state index contributed by atoms with van der Waals surface area (Å²) in [6.07, 6.45) is 0. The fraction of sp³-hybridized carbons (Fsp3) is 0.231. The molecule has 1 aromatic heterocycles. The Balaban J connectivity index is 2.53. The first-order valence-corrected chi connectivity index (χ1v) is 6.08. The van der Waals surface area contributed by atoms with Crippen molar-refractivity contribution in [3.05, 3.63) is 39.9 Å². The molecule has 0 aliphatic rings. The lowest BCUT2D eigenvalue weighted by molar-refractivity contribution is 0.0690. The van der Waals surface area contributed by atoms with Crippen molar-refractivity contribution in [3.8, 4) is 10.6 Å². The molecule has 1 aromatic carbocycles. The maximum Gasteiger partial charge on any atom is 0.355 e. The van der Waals surface area contributed by atoms with E-state index in [-0.39, 0.29) is 5.69 Å². The maximum atomic E-state index is 10.9. The molecular weight excluding hydrogens is 234 g/mol. The molecule has 88 valence electrons. The third-order valence-corrected chi connectivity index (χ3v) is 3.49. The molecule has 0 spiro atoms. The van der Waals surface area contributed by atoms with Crippen molar-refractivity contribution in [2.24, 2.45) is 0 Å². The van der Waals surface area contributed by atoms with Gasteiger partial charge >= 0.3 is 5.97 Å². The lowest BCUT2D eigenvalue weighted by Crippen LogP contribution is -1.98. The molecule has 1 heterocycles. The van der Waals surface area contributed by atoms with Crippen LogP contribution in [-0.4, -0.2) is 16.1 Å². The third kappa shape index (κ3) is 2.36. The molecule has 0 amide bonds. The fourth-order valence-electron chi connectivity index (χ4n) is 1.82. The van der Waals surface area contributed by atoms with Crippen LogP contribution in [0.15, 0.2) is 18.2 Å². The summed E-state index contributed by atoms with van der Waals surface area (Å²) >= 11 is 1.42. The van der Waals surface area contributed by atoms with Crippen LogP contribution in [0.5, 0.6) is 0 Å². The zero-order chi connectivity index (χ0) is 12.6. The molecule has 0 bridgehead atoms. The molecule has 2 aromatic rings. The van der Waals surface area contributed by atoms with Gasteiger partial charge in [-0.25, -0.2) is 9.78 Å². The highest BCUT2D eigenvalue weighted by Crippen LogP contribution is 2.28.